The molecular formula is C13H22N2O2. The number of amides is 1. The van der Waals surface area contributed by atoms with Crippen LogP contribution in [-0.4, -0.2) is 36.1 Å². The summed E-state index contributed by atoms with van der Waals surface area (Å²) in [4.78, 5) is 13.7. The number of rotatable bonds is 2. The molecule has 4 nitrogen and oxygen atoms in total. The van der Waals surface area contributed by atoms with E-state index in [0.29, 0.717) is 13.1 Å². The van der Waals surface area contributed by atoms with Gasteiger partial charge in [-0.15, -0.1) is 0 Å². The molecule has 0 radical (unpaired) electrons. The number of hydrogen-bond acceptors (Lipinski definition) is 3. The van der Waals surface area contributed by atoms with Crippen LogP contribution >= 0.6 is 0 Å². The molecule has 1 rings (SSSR count). The summed E-state index contributed by atoms with van der Waals surface area (Å²) in [5.74, 6) is 0.0277. The van der Waals surface area contributed by atoms with Crippen molar-refractivity contribution in [2.45, 2.75) is 46.1 Å². The third-order valence-electron chi connectivity index (χ3n) is 3.12. The summed E-state index contributed by atoms with van der Waals surface area (Å²) in [7, 11) is 0. The van der Waals surface area contributed by atoms with E-state index in [0.717, 1.165) is 12.8 Å². The van der Waals surface area contributed by atoms with Crippen molar-refractivity contribution >= 4 is 5.91 Å². The van der Waals surface area contributed by atoms with Crippen LogP contribution in [-0.2, 0) is 9.53 Å². The lowest BCUT2D eigenvalue weighted by Gasteiger charge is -2.35. The molecule has 17 heavy (non-hydrogen) atoms. The fourth-order valence-electron chi connectivity index (χ4n) is 1.73. The van der Waals surface area contributed by atoms with Gasteiger partial charge in [-0.2, -0.15) is 5.26 Å². The Labute approximate surface area is 104 Å². The van der Waals surface area contributed by atoms with E-state index >= 15 is 0 Å². The number of nitrogens with zero attached hydrogens (tertiary/aromatic N) is 2. The standard InChI is InChI=1S/C13H22N2O2/c1-12(2,3)17-9-11(16)15-7-5-13(4,10-14)6-8-15/h5-9H2,1-4H3. The van der Waals surface area contributed by atoms with Gasteiger partial charge in [0.2, 0.25) is 5.91 Å². The first-order valence-corrected chi connectivity index (χ1v) is 6.09. The quantitative estimate of drug-likeness (QED) is 0.739. The minimum absolute atomic E-state index is 0.0277. The third-order valence-corrected chi connectivity index (χ3v) is 3.12. The van der Waals surface area contributed by atoms with E-state index in [9.17, 15) is 4.79 Å². The van der Waals surface area contributed by atoms with Crippen molar-refractivity contribution in [3.8, 4) is 6.07 Å². The van der Waals surface area contributed by atoms with Gasteiger partial charge in [0.25, 0.3) is 0 Å². The molecule has 0 aromatic rings. The molecule has 1 amide bonds. The lowest BCUT2D eigenvalue weighted by atomic mass is 9.82. The summed E-state index contributed by atoms with van der Waals surface area (Å²) in [6.07, 6.45) is 1.51. The van der Waals surface area contributed by atoms with Crippen LogP contribution in [0.1, 0.15) is 40.5 Å². The maximum atomic E-state index is 11.9. The van der Waals surface area contributed by atoms with Crippen molar-refractivity contribution in [3.05, 3.63) is 0 Å². The third kappa shape index (κ3) is 4.35. The zero-order valence-corrected chi connectivity index (χ0v) is 11.2. The van der Waals surface area contributed by atoms with Crippen molar-refractivity contribution in [1.29, 1.82) is 5.26 Å². The Morgan fingerprint density at radius 1 is 1.41 bits per heavy atom. The molecule has 4 heteroatoms. The van der Waals surface area contributed by atoms with E-state index in [4.69, 9.17) is 10.00 Å². The molecule has 1 heterocycles. The van der Waals surface area contributed by atoms with Crippen LogP contribution in [0.5, 0.6) is 0 Å². The molecule has 0 unspecified atom stereocenters. The van der Waals surface area contributed by atoms with Gasteiger partial charge in [0.1, 0.15) is 6.61 Å². The first-order valence-electron chi connectivity index (χ1n) is 6.09. The second kappa shape index (κ2) is 5.05. The van der Waals surface area contributed by atoms with Gasteiger partial charge in [0.05, 0.1) is 17.1 Å². The number of nitriles is 1. The van der Waals surface area contributed by atoms with Gasteiger partial charge in [-0.1, -0.05) is 0 Å². The summed E-state index contributed by atoms with van der Waals surface area (Å²) < 4.78 is 5.47. The van der Waals surface area contributed by atoms with Gasteiger partial charge in [0.15, 0.2) is 0 Å². The smallest absolute Gasteiger partial charge is 0.248 e. The van der Waals surface area contributed by atoms with Gasteiger partial charge in [-0.3, -0.25) is 4.79 Å². The maximum Gasteiger partial charge on any atom is 0.248 e. The lowest BCUT2D eigenvalue weighted by molar-refractivity contribution is -0.142. The van der Waals surface area contributed by atoms with Crippen LogP contribution in [0.25, 0.3) is 0 Å². The Morgan fingerprint density at radius 2 is 1.94 bits per heavy atom. The molecule has 0 bridgehead atoms. The Morgan fingerprint density at radius 3 is 2.35 bits per heavy atom. The number of carbonyl (C=O) groups is 1. The highest BCUT2D eigenvalue weighted by Crippen LogP contribution is 2.29. The number of likely N-dealkylation sites (tertiary alicyclic amines) is 1. The van der Waals surface area contributed by atoms with E-state index < -0.39 is 0 Å². The highest BCUT2D eigenvalue weighted by molar-refractivity contribution is 5.77. The van der Waals surface area contributed by atoms with E-state index in [-0.39, 0.29) is 23.5 Å². The molecule has 1 aliphatic heterocycles. The van der Waals surface area contributed by atoms with Crippen LogP contribution < -0.4 is 0 Å². The van der Waals surface area contributed by atoms with E-state index in [1.54, 1.807) is 4.90 Å². The lowest BCUT2D eigenvalue weighted by Crippen LogP contribution is -2.44. The maximum absolute atomic E-state index is 11.9. The zero-order valence-electron chi connectivity index (χ0n) is 11.2. The van der Waals surface area contributed by atoms with Gasteiger partial charge in [-0.05, 0) is 40.5 Å². The topological polar surface area (TPSA) is 53.3 Å². The number of piperidine rings is 1. The van der Waals surface area contributed by atoms with Crippen molar-refractivity contribution in [1.82, 2.24) is 4.90 Å². The molecule has 0 aliphatic carbocycles. The predicted octanol–water partition coefficient (Wildman–Crippen LogP) is 1.95. The molecule has 0 saturated carbocycles. The first kappa shape index (κ1) is 14.0. The molecular weight excluding hydrogens is 216 g/mol. The number of hydrogen-bond donors (Lipinski definition) is 0. The molecule has 1 fully saturated rings. The Hall–Kier alpha value is -1.08. The highest BCUT2D eigenvalue weighted by Gasteiger charge is 2.31. The molecule has 1 aliphatic rings. The Balaban J connectivity index is 2.39. The average Bonchev–Trinajstić information content (AvgIpc) is 2.26. The molecule has 0 aromatic heterocycles. The van der Waals surface area contributed by atoms with E-state index in [1.165, 1.54) is 0 Å². The highest BCUT2D eigenvalue weighted by atomic mass is 16.5. The van der Waals surface area contributed by atoms with Crippen LogP contribution in [0.3, 0.4) is 0 Å². The molecule has 0 aromatic carbocycles. The Kier molecular flexibility index (Phi) is 4.16. The molecule has 0 spiro atoms. The van der Waals surface area contributed by atoms with Crippen LogP contribution in [0, 0.1) is 16.7 Å². The van der Waals surface area contributed by atoms with E-state index in [1.807, 2.05) is 27.7 Å². The summed E-state index contributed by atoms with van der Waals surface area (Å²) in [5.41, 5.74) is -0.547. The fraction of sp³-hybridized carbons (Fsp3) is 0.846. The fourth-order valence-corrected chi connectivity index (χ4v) is 1.73. The number of ether oxygens (including phenoxy) is 1. The molecule has 1 saturated heterocycles. The minimum atomic E-state index is -0.285. The van der Waals surface area contributed by atoms with Gasteiger partial charge in [0, 0.05) is 13.1 Å². The predicted molar refractivity (Wildman–Crippen MR) is 65.2 cm³/mol. The average molecular weight is 238 g/mol. The van der Waals surface area contributed by atoms with Crippen molar-refractivity contribution in [2.24, 2.45) is 5.41 Å². The minimum Gasteiger partial charge on any atom is -0.366 e. The molecule has 96 valence electrons. The van der Waals surface area contributed by atoms with Crippen molar-refractivity contribution in [2.75, 3.05) is 19.7 Å². The van der Waals surface area contributed by atoms with Gasteiger partial charge >= 0.3 is 0 Å². The zero-order chi connectivity index (χ0) is 13.1. The van der Waals surface area contributed by atoms with Crippen molar-refractivity contribution in [3.63, 3.8) is 0 Å². The second-order valence-electron chi connectivity index (χ2n) is 5.95. The summed E-state index contributed by atoms with van der Waals surface area (Å²) in [5, 5.41) is 9.01. The molecule has 0 atom stereocenters. The summed E-state index contributed by atoms with van der Waals surface area (Å²) in [6.45, 7) is 9.22. The van der Waals surface area contributed by atoms with Crippen LogP contribution in [0.15, 0.2) is 0 Å². The summed E-state index contributed by atoms with van der Waals surface area (Å²) in [6, 6.07) is 2.33. The van der Waals surface area contributed by atoms with Crippen LogP contribution in [0.4, 0.5) is 0 Å². The normalized spacial score (nSPS) is 19.8. The van der Waals surface area contributed by atoms with Gasteiger partial charge < -0.3 is 9.64 Å². The summed E-state index contributed by atoms with van der Waals surface area (Å²) >= 11 is 0. The number of carbonyl (C=O) groups excluding carboxylic acids is 1. The largest absolute Gasteiger partial charge is 0.366 e. The molecule has 0 N–H and O–H groups in total. The van der Waals surface area contributed by atoms with Gasteiger partial charge in [-0.25, -0.2) is 0 Å². The first-order chi connectivity index (χ1) is 7.76. The Bertz CT molecular complexity index is 317. The SMILES string of the molecule is CC1(C#N)CCN(C(=O)COC(C)(C)C)CC1. The monoisotopic (exact) mass is 238 g/mol. The van der Waals surface area contributed by atoms with Crippen molar-refractivity contribution < 1.29 is 9.53 Å². The van der Waals surface area contributed by atoms with Crippen LogP contribution in [0.2, 0.25) is 0 Å². The van der Waals surface area contributed by atoms with E-state index in [2.05, 4.69) is 6.07 Å². The second-order valence-corrected chi connectivity index (χ2v) is 5.95.